The molecule has 1 aromatic rings. The van der Waals surface area contributed by atoms with Gasteiger partial charge >= 0.3 is 5.97 Å². The van der Waals surface area contributed by atoms with Crippen LogP contribution in [0.5, 0.6) is 0 Å². The second-order valence-corrected chi connectivity index (χ2v) is 5.63. The lowest BCUT2D eigenvalue weighted by atomic mass is 9.85. The van der Waals surface area contributed by atoms with Crippen molar-refractivity contribution in [2.45, 2.75) is 58.1 Å². The summed E-state index contributed by atoms with van der Waals surface area (Å²) in [6.07, 6.45) is 6.19. The zero-order valence-corrected chi connectivity index (χ0v) is 12.3. The summed E-state index contributed by atoms with van der Waals surface area (Å²) in [7, 11) is 0. The molecule has 110 valence electrons. The highest BCUT2D eigenvalue weighted by Gasteiger charge is 2.26. The average Bonchev–Trinajstić information content (AvgIpc) is 2.48. The fourth-order valence-corrected chi connectivity index (χ4v) is 3.09. The summed E-state index contributed by atoms with van der Waals surface area (Å²) in [5.74, 6) is 0.425. The van der Waals surface area contributed by atoms with E-state index in [0.717, 1.165) is 24.0 Å². The molecule has 0 aliphatic heterocycles. The van der Waals surface area contributed by atoms with E-state index in [1.807, 2.05) is 24.3 Å². The number of rotatable bonds is 5. The van der Waals surface area contributed by atoms with E-state index in [1.165, 1.54) is 19.3 Å². The molecule has 0 radical (unpaired) electrons. The highest BCUT2D eigenvalue weighted by molar-refractivity contribution is 5.73. The van der Waals surface area contributed by atoms with Crippen molar-refractivity contribution in [3.63, 3.8) is 0 Å². The van der Waals surface area contributed by atoms with Crippen LogP contribution in [0.2, 0.25) is 0 Å². The van der Waals surface area contributed by atoms with Crippen molar-refractivity contribution in [2.75, 3.05) is 0 Å². The smallest absolute Gasteiger partial charge is 0.310 e. The minimum Gasteiger partial charge on any atom is -0.462 e. The fraction of sp³-hybridized carbons (Fsp3) is 0.588. The van der Waals surface area contributed by atoms with Gasteiger partial charge in [-0.05, 0) is 42.7 Å². The van der Waals surface area contributed by atoms with E-state index in [0.29, 0.717) is 18.9 Å². The van der Waals surface area contributed by atoms with Crippen LogP contribution < -0.4 is 5.73 Å². The molecule has 0 heterocycles. The van der Waals surface area contributed by atoms with E-state index in [9.17, 15) is 4.79 Å². The second kappa shape index (κ2) is 7.44. The van der Waals surface area contributed by atoms with E-state index < -0.39 is 0 Å². The lowest BCUT2D eigenvalue weighted by molar-refractivity contribution is -0.152. The Morgan fingerprint density at radius 3 is 2.65 bits per heavy atom. The number of ether oxygens (including phenoxy) is 1. The van der Waals surface area contributed by atoms with Crippen molar-refractivity contribution in [1.82, 2.24) is 0 Å². The maximum Gasteiger partial charge on any atom is 0.310 e. The molecule has 0 amide bonds. The predicted molar refractivity (Wildman–Crippen MR) is 80.2 cm³/mol. The number of carbonyl (C=O) groups is 1. The molecule has 2 atom stereocenters. The van der Waals surface area contributed by atoms with E-state index in [2.05, 4.69) is 6.92 Å². The van der Waals surface area contributed by atoms with Gasteiger partial charge in [0.15, 0.2) is 0 Å². The van der Waals surface area contributed by atoms with Gasteiger partial charge in [-0.1, -0.05) is 37.6 Å². The van der Waals surface area contributed by atoms with Crippen molar-refractivity contribution in [1.29, 1.82) is 0 Å². The molecule has 0 spiro atoms. The lowest BCUT2D eigenvalue weighted by Gasteiger charge is -2.30. The summed E-state index contributed by atoms with van der Waals surface area (Å²) >= 11 is 0. The Balaban J connectivity index is 1.94. The van der Waals surface area contributed by atoms with E-state index in [1.54, 1.807) is 0 Å². The molecule has 20 heavy (non-hydrogen) atoms. The zero-order chi connectivity index (χ0) is 14.4. The summed E-state index contributed by atoms with van der Waals surface area (Å²) in [4.78, 5) is 12.1. The minimum atomic E-state index is -0.115. The Bertz CT molecular complexity index is 444. The molecule has 1 saturated carbocycles. The standard InChI is InChI=1S/C17H25NO2/c1-2-13-7-5-6-10-16(13)20-17(19)11-14-8-3-4-9-15(14)12-18/h3-4,8-9,13,16H,2,5-7,10-12,18H2,1H3. The normalized spacial score (nSPS) is 22.5. The van der Waals surface area contributed by atoms with Crippen LogP contribution in [0.4, 0.5) is 0 Å². The van der Waals surface area contributed by atoms with Crippen LogP contribution in [0, 0.1) is 5.92 Å². The van der Waals surface area contributed by atoms with Crippen LogP contribution in [-0.2, 0) is 22.5 Å². The van der Waals surface area contributed by atoms with Crippen molar-refractivity contribution in [3.05, 3.63) is 35.4 Å². The summed E-state index contributed by atoms with van der Waals surface area (Å²) in [6, 6.07) is 7.82. The van der Waals surface area contributed by atoms with Crippen LogP contribution in [0.15, 0.2) is 24.3 Å². The van der Waals surface area contributed by atoms with Gasteiger partial charge < -0.3 is 10.5 Å². The van der Waals surface area contributed by atoms with Gasteiger partial charge in [0, 0.05) is 6.54 Å². The second-order valence-electron chi connectivity index (χ2n) is 5.63. The van der Waals surface area contributed by atoms with Gasteiger partial charge in [0.2, 0.25) is 0 Å². The Morgan fingerprint density at radius 2 is 1.95 bits per heavy atom. The van der Waals surface area contributed by atoms with Crippen LogP contribution in [0.25, 0.3) is 0 Å². The number of nitrogens with two attached hydrogens (primary N) is 1. The maximum absolute atomic E-state index is 12.1. The molecule has 1 aliphatic carbocycles. The molecule has 1 aliphatic rings. The number of esters is 1. The highest BCUT2D eigenvalue weighted by Crippen LogP contribution is 2.29. The van der Waals surface area contributed by atoms with Crippen LogP contribution in [0.3, 0.4) is 0 Å². The zero-order valence-electron chi connectivity index (χ0n) is 12.3. The first-order chi connectivity index (χ1) is 9.74. The first-order valence-corrected chi connectivity index (χ1v) is 7.71. The molecule has 0 aromatic heterocycles. The summed E-state index contributed by atoms with van der Waals surface area (Å²) < 4.78 is 5.72. The number of carbonyl (C=O) groups excluding carboxylic acids is 1. The van der Waals surface area contributed by atoms with Crippen molar-refractivity contribution in [2.24, 2.45) is 11.7 Å². The topological polar surface area (TPSA) is 52.3 Å². The minimum absolute atomic E-state index is 0.115. The first-order valence-electron chi connectivity index (χ1n) is 7.71. The molecule has 0 bridgehead atoms. The van der Waals surface area contributed by atoms with Gasteiger partial charge in [-0.15, -0.1) is 0 Å². The van der Waals surface area contributed by atoms with Crippen LogP contribution >= 0.6 is 0 Å². The van der Waals surface area contributed by atoms with Crippen LogP contribution in [0.1, 0.15) is 50.2 Å². The van der Waals surface area contributed by atoms with Gasteiger partial charge in [0.05, 0.1) is 6.42 Å². The van der Waals surface area contributed by atoms with Gasteiger partial charge in [-0.25, -0.2) is 0 Å². The van der Waals surface area contributed by atoms with Gasteiger partial charge in [0.1, 0.15) is 6.10 Å². The molecule has 1 aromatic carbocycles. The van der Waals surface area contributed by atoms with E-state index in [4.69, 9.17) is 10.5 Å². The van der Waals surface area contributed by atoms with Crippen molar-refractivity contribution < 1.29 is 9.53 Å². The third kappa shape index (κ3) is 3.83. The molecular formula is C17H25NO2. The molecule has 1 fully saturated rings. The molecular weight excluding hydrogens is 250 g/mol. The average molecular weight is 275 g/mol. The van der Waals surface area contributed by atoms with E-state index in [-0.39, 0.29) is 12.1 Å². The molecule has 2 rings (SSSR count). The number of hydrogen-bond acceptors (Lipinski definition) is 3. The summed E-state index contributed by atoms with van der Waals surface area (Å²) in [5.41, 5.74) is 7.72. The molecule has 2 unspecified atom stereocenters. The number of hydrogen-bond donors (Lipinski definition) is 1. The maximum atomic E-state index is 12.1. The van der Waals surface area contributed by atoms with Gasteiger partial charge in [0.25, 0.3) is 0 Å². The third-order valence-electron chi connectivity index (χ3n) is 4.32. The van der Waals surface area contributed by atoms with Gasteiger partial charge in [-0.3, -0.25) is 4.79 Å². The van der Waals surface area contributed by atoms with E-state index >= 15 is 0 Å². The molecule has 3 nitrogen and oxygen atoms in total. The Kier molecular flexibility index (Phi) is 5.60. The molecule has 2 N–H and O–H groups in total. The Hall–Kier alpha value is -1.35. The SMILES string of the molecule is CCC1CCCCC1OC(=O)Cc1ccccc1CN. The Morgan fingerprint density at radius 1 is 1.25 bits per heavy atom. The monoisotopic (exact) mass is 275 g/mol. The van der Waals surface area contributed by atoms with Crippen molar-refractivity contribution in [3.8, 4) is 0 Å². The van der Waals surface area contributed by atoms with Crippen molar-refractivity contribution >= 4 is 5.97 Å². The molecule has 3 heteroatoms. The van der Waals surface area contributed by atoms with Gasteiger partial charge in [-0.2, -0.15) is 0 Å². The largest absolute Gasteiger partial charge is 0.462 e. The fourth-order valence-electron chi connectivity index (χ4n) is 3.09. The highest BCUT2D eigenvalue weighted by atomic mass is 16.5. The quantitative estimate of drug-likeness (QED) is 0.840. The number of benzene rings is 1. The first kappa shape index (κ1) is 15.0. The molecule has 0 saturated heterocycles. The van der Waals surface area contributed by atoms with Crippen LogP contribution in [-0.4, -0.2) is 12.1 Å². The third-order valence-corrected chi connectivity index (χ3v) is 4.32. The lowest BCUT2D eigenvalue weighted by Crippen LogP contribution is -2.30. The summed E-state index contributed by atoms with van der Waals surface area (Å²) in [6.45, 7) is 2.64. The Labute approximate surface area is 121 Å². The predicted octanol–water partition coefficient (Wildman–Crippen LogP) is 3.20. The summed E-state index contributed by atoms with van der Waals surface area (Å²) in [5, 5.41) is 0.